The largest absolute Gasteiger partial charge is 0.462 e. The average molecular weight is 334 g/mol. The van der Waals surface area contributed by atoms with E-state index in [9.17, 15) is 4.79 Å². The van der Waals surface area contributed by atoms with Crippen LogP contribution in [0.4, 0.5) is 0 Å². The Morgan fingerprint density at radius 3 is 2.24 bits per heavy atom. The number of carbonyl (C=O) groups is 1. The van der Waals surface area contributed by atoms with Gasteiger partial charge in [-0.25, -0.2) is 0 Å². The Morgan fingerprint density at radius 2 is 1.56 bits per heavy atom. The van der Waals surface area contributed by atoms with Crippen LogP contribution in [0.25, 0.3) is 0 Å². The first-order valence-electron chi connectivity index (χ1n) is 8.98. The molecule has 1 atom stereocenters. The van der Waals surface area contributed by atoms with E-state index in [0.717, 1.165) is 31.2 Å². The molecule has 3 nitrogen and oxygen atoms in total. The van der Waals surface area contributed by atoms with Gasteiger partial charge < -0.3 is 9.47 Å². The Labute approximate surface area is 148 Å². The van der Waals surface area contributed by atoms with Crippen LogP contribution in [0.15, 0.2) is 72.5 Å². The minimum atomic E-state index is -0.455. The van der Waals surface area contributed by atoms with Crippen LogP contribution in [0.3, 0.4) is 0 Å². The van der Waals surface area contributed by atoms with Crippen LogP contribution >= 0.6 is 0 Å². The molecule has 2 aromatic carbocycles. The van der Waals surface area contributed by atoms with Crippen molar-refractivity contribution in [1.82, 2.24) is 0 Å². The van der Waals surface area contributed by atoms with Crippen molar-refractivity contribution in [2.45, 2.75) is 44.0 Å². The molecule has 2 aromatic rings. The zero-order chi connectivity index (χ0) is 17.1. The van der Waals surface area contributed by atoms with Crippen molar-refractivity contribution in [2.75, 3.05) is 0 Å². The number of ketones is 1. The van der Waals surface area contributed by atoms with Gasteiger partial charge in [-0.15, -0.1) is 0 Å². The Kier molecular flexibility index (Phi) is 4.41. The van der Waals surface area contributed by atoms with Crippen molar-refractivity contribution in [3.63, 3.8) is 0 Å². The topological polar surface area (TPSA) is 35.5 Å². The molecular weight excluding hydrogens is 312 g/mol. The predicted molar refractivity (Wildman–Crippen MR) is 96.0 cm³/mol. The van der Waals surface area contributed by atoms with E-state index in [4.69, 9.17) is 9.47 Å². The highest BCUT2D eigenvalue weighted by Crippen LogP contribution is 2.48. The minimum absolute atomic E-state index is 0.0298. The summed E-state index contributed by atoms with van der Waals surface area (Å²) in [4.78, 5) is 12.7. The van der Waals surface area contributed by atoms with E-state index in [0.29, 0.717) is 11.3 Å². The van der Waals surface area contributed by atoms with E-state index in [1.807, 2.05) is 60.7 Å². The fraction of sp³-hybridized carbons (Fsp3) is 0.318. The molecular formula is C22H22O3. The molecule has 25 heavy (non-hydrogen) atoms. The third kappa shape index (κ3) is 3.24. The average Bonchev–Trinajstić information content (AvgIpc) is 3.01. The summed E-state index contributed by atoms with van der Waals surface area (Å²) in [7, 11) is 0. The Morgan fingerprint density at radius 1 is 0.920 bits per heavy atom. The molecule has 1 saturated heterocycles. The lowest BCUT2D eigenvalue weighted by Gasteiger charge is -2.31. The number of allylic oxidation sites excluding steroid dienone is 1. The van der Waals surface area contributed by atoms with Crippen molar-refractivity contribution < 1.29 is 14.3 Å². The molecule has 128 valence electrons. The van der Waals surface area contributed by atoms with Crippen LogP contribution in [0, 0.1) is 0 Å². The van der Waals surface area contributed by atoms with Gasteiger partial charge in [-0.05, 0) is 12.8 Å². The van der Waals surface area contributed by atoms with Gasteiger partial charge >= 0.3 is 0 Å². The molecule has 0 radical (unpaired) electrons. The summed E-state index contributed by atoms with van der Waals surface area (Å²) < 4.78 is 12.5. The van der Waals surface area contributed by atoms with Gasteiger partial charge in [0.15, 0.2) is 5.78 Å². The van der Waals surface area contributed by atoms with Crippen LogP contribution in [-0.2, 0) is 9.47 Å². The summed E-state index contributed by atoms with van der Waals surface area (Å²) in [6.07, 6.45) is 6.43. The fourth-order valence-electron chi connectivity index (χ4n) is 3.71. The van der Waals surface area contributed by atoms with Crippen molar-refractivity contribution in [1.29, 1.82) is 0 Å². The lowest BCUT2D eigenvalue weighted by atomic mass is 9.83. The monoisotopic (exact) mass is 334 g/mol. The van der Waals surface area contributed by atoms with Gasteiger partial charge in [0, 0.05) is 17.2 Å². The van der Waals surface area contributed by atoms with Crippen molar-refractivity contribution >= 4 is 5.78 Å². The summed E-state index contributed by atoms with van der Waals surface area (Å²) in [6.45, 7) is 0. The molecule has 1 heterocycles. The highest BCUT2D eigenvalue weighted by Gasteiger charge is 2.47. The predicted octanol–water partition coefficient (Wildman–Crippen LogP) is 5.20. The van der Waals surface area contributed by atoms with E-state index in [2.05, 4.69) is 0 Å². The van der Waals surface area contributed by atoms with Crippen LogP contribution in [-0.4, -0.2) is 11.4 Å². The van der Waals surface area contributed by atoms with E-state index in [-0.39, 0.29) is 5.78 Å². The highest BCUT2D eigenvalue weighted by atomic mass is 16.7. The van der Waals surface area contributed by atoms with E-state index in [1.54, 1.807) is 6.08 Å². The third-order valence-corrected chi connectivity index (χ3v) is 5.07. The van der Waals surface area contributed by atoms with E-state index < -0.39 is 11.9 Å². The molecule has 3 heteroatoms. The zero-order valence-corrected chi connectivity index (χ0v) is 14.2. The molecule has 4 rings (SSSR count). The highest BCUT2D eigenvalue weighted by molar-refractivity contribution is 6.04. The van der Waals surface area contributed by atoms with Crippen LogP contribution < -0.4 is 0 Å². The van der Waals surface area contributed by atoms with Crippen molar-refractivity contribution in [3.05, 3.63) is 83.6 Å². The maximum absolute atomic E-state index is 12.7. The van der Waals surface area contributed by atoms with Gasteiger partial charge in [-0.3, -0.25) is 4.79 Å². The Hall–Kier alpha value is -2.39. The second kappa shape index (κ2) is 6.85. The summed E-state index contributed by atoms with van der Waals surface area (Å²) in [5.74, 6) is 0.660. The SMILES string of the molecule is O=C(/C=C1\O[C@H](c2ccccc2)OC12CCCCC2)c1ccccc1. The van der Waals surface area contributed by atoms with Crippen molar-refractivity contribution in [2.24, 2.45) is 0 Å². The van der Waals surface area contributed by atoms with E-state index >= 15 is 0 Å². The van der Waals surface area contributed by atoms with Gasteiger partial charge in [0.2, 0.25) is 6.29 Å². The Bertz CT molecular complexity index is 758. The second-order valence-electron chi connectivity index (χ2n) is 6.77. The first-order chi connectivity index (χ1) is 12.3. The van der Waals surface area contributed by atoms with Gasteiger partial charge in [0.05, 0.1) is 0 Å². The molecule has 0 bridgehead atoms. The summed E-state index contributed by atoms with van der Waals surface area (Å²) in [5, 5.41) is 0. The number of ether oxygens (including phenoxy) is 2. The minimum Gasteiger partial charge on any atom is -0.462 e. The fourth-order valence-corrected chi connectivity index (χ4v) is 3.71. The molecule has 0 aromatic heterocycles. The smallest absolute Gasteiger partial charge is 0.227 e. The van der Waals surface area contributed by atoms with Crippen LogP contribution in [0.5, 0.6) is 0 Å². The number of hydrogen-bond donors (Lipinski definition) is 0. The maximum Gasteiger partial charge on any atom is 0.227 e. The first kappa shape index (κ1) is 16.1. The number of carbonyl (C=O) groups excluding carboxylic acids is 1. The molecule has 1 aliphatic heterocycles. The quantitative estimate of drug-likeness (QED) is 0.571. The number of rotatable bonds is 3. The van der Waals surface area contributed by atoms with Gasteiger partial charge in [-0.2, -0.15) is 0 Å². The lowest BCUT2D eigenvalue weighted by molar-refractivity contribution is -0.103. The Balaban J connectivity index is 1.66. The first-order valence-corrected chi connectivity index (χ1v) is 8.98. The second-order valence-corrected chi connectivity index (χ2v) is 6.77. The molecule has 0 amide bonds. The zero-order valence-electron chi connectivity index (χ0n) is 14.2. The van der Waals surface area contributed by atoms with Gasteiger partial charge in [-0.1, -0.05) is 79.9 Å². The molecule has 1 saturated carbocycles. The molecule has 0 N–H and O–H groups in total. The lowest BCUT2D eigenvalue weighted by Crippen LogP contribution is -2.33. The molecule has 1 spiro atoms. The number of hydrogen-bond acceptors (Lipinski definition) is 3. The van der Waals surface area contributed by atoms with Gasteiger partial charge in [0.25, 0.3) is 0 Å². The molecule has 2 fully saturated rings. The molecule has 0 unspecified atom stereocenters. The summed E-state index contributed by atoms with van der Waals surface area (Å²) >= 11 is 0. The number of benzene rings is 2. The van der Waals surface area contributed by atoms with Crippen molar-refractivity contribution in [3.8, 4) is 0 Å². The third-order valence-electron chi connectivity index (χ3n) is 5.07. The van der Waals surface area contributed by atoms with E-state index in [1.165, 1.54) is 6.42 Å². The molecule has 2 aliphatic rings. The van der Waals surface area contributed by atoms with Crippen LogP contribution in [0.1, 0.15) is 54.3 Å². The normalized spacial score (nSPS) is 23.5. The summed E-state index contributed by atoms with van der Waals surface area (Å²) in [6, 6.07) is 19.3. The van der Waals surface area contributed by atoms with Gasteiger partial charge in [0.1, 0.15) is 11.4 Å². The van der Waals surface area contributed by atoms with Crippen LogP contribution in [0.2, 0.25) is 0 Å². The summed E-state index contributed by atoms with van der Waals surface area (Å²) in [5.41, 5.74) is 1.21. The maximum atomic E-state index is 12.7. The standard InChI is InChI=1S/C22H22O3/c23-19(17-10-4-1-5-11-17)16-20-22(14-8-3-9-15-22)25-21(24-20)18-12-6-2-7-13-18/h1-2,4-7,10-13,16,21H,3,8-9,14-15H2/b20-16-/t21-/m0/s1. The molecule has 1 aliphatic carbocycles.